The molecule has 4 aromatic rings. The molecule has 0 amide bonds. The molecule has 3 heterocycles. The van der Waals surface area contributed by atoms with E-state index in [0.717, 1.165) is 41.4 Å². The van der Waals surface area contributed by atoms with Crippen LogP contribution < -0.4 is 11.1 Å². The van der Waals surface area contributed by atoms with Crippen molar-refractivity contribution in [2.24, 2.45) is 0 Å². The highest BCUT2D eigenvalue weighted by molar-refractivity contribution is 7.98. The standard InChI is InChI=1S/C17H10F3N5O2S2/c18-17(19,20)10-3-1-9(2-4-10)7-28-16-24-14-13(29-8-23-14)15(27)25(16)11-5-22-12(26)6-21-11/h1-6,8H,7H2,(H,22,26). The normalized spacial score (nSPS) is 11.8. The zero-order chi connectivity index (χ0) is 20.6. The van der Waals surface area contributed by atoms with Crippen molar-refractivity contribution < 1.29 is 13.2 Å². The molecule has 0 spiro atoms. The molecule has 12 heteroatoms. The number of nitrogens with one attached hydrogen (secondary N) is 1. The molecule has 29 heavy (non-hydrogen) atoms. The SMILES string of the molecule is O=c1cnc(-n2c(SCc3ccc(C(F)(F)F)cc3)nc3ncsc3c2=O)c[nH]1. The van der Waals surface area contributed by atoms with Gasteiger partial charge in [-0.15, -0.1) is 11.3 Å². The summed E-state index contributed by atoms with van der Waals surface area (Å²) in [4.78, 5) is 39.0. The van der Waals surface area contributed by atoms with Gasteiger partial charge in [0.1, 0.15) is 4.70 Å². The van der Waals surface area contributed by atoms with Crippen LogP contribution in [0.15, 0.2) is 56.9 Å². The van der Waals surface area contributed by atoms with Gasteiger partial charge in [0, 0.05) is 11.9 Å². The van der Waals surface area contributed by atoms with Crippen molar-refractivity contribution in [3.05, 3.63) is 74.0 Å². The van der Waals surface area contributed by atoms with E-state index in [1.165, 1.54) is 28.4 Å². The number of H-pyrrole nitrogens is 1. The molecular formula is C17H10F3N5O2S2. The monoisotopic (exact) mass is 437 g/mol. The molecule has 1 aromatic carbocycles. The number of aromatic amines is 1. The first-order valence-corrected chi connectivity index (χ1v) is 9.90. The molecule has 0 aliphatic rings. The first-order chi connectivity index (χ1) is 13.8. The molecule has 0 unspecified atom stereocenters. The third-order valence-corrected chi connectivity index (χ3v) is 5.69. The highest BCUT2D eigenvalue weighted by Gasteiger charge is 2.29. The van der Waals surface area contributed by atoms with E-state index >= 15 is 0 Å². The second-order valence-electron chi connectivity index (χ2n) is 5.79. The smallest absolute Gasteiger partial charge is 0.324 e. The van der Waals surface area contributed by atoms with Crippen LogP contribution in [0.4, 0.5) is 13.2 Å². The van der Waals surface area contributed by atoms with Crippen molar-refractivity contribution in [3.63, 3.8) is 0 Å². The van der Waals surface area contributed by atoms with E-state index in [1.807, 2.05) is 0 Å². The van der Waals surface area contributed by atoms with Crippen molar-refractivity contribution in [2.45, 2.75) is 17.1 Å². The van der Waals surface area contributed by atoms with Gasteiger partial charge in [-0.05, 0) is 17.7 Å². The van der Waals surface area contributed by atoms with Gasteiger partial charge in [-0.3, -0.25) is 9.59 Å². The fraction of sp³-hybridized carbons (Fsp3) is 0.118. The Morgan fingerprint density at radius 3 is 2.55 bits per heavy atom. The molecule has 0 radical (unpaired) electrons. The van der Waals surface area contributed by atoms with Crippen molar-refractivity contribution in [2.75, 3.05) is 0 Å². The van der Waals surface area contributed by atoms with E-state index in [2.05, 4.69) is 19.9 Å². The second kappa shape index (κ2) is 7.44. The van der Waals surface area contributed by atoms with E-state index in [1.54, 1.807) is 0 Å². The van der Waals surface area contributed by atoms with Gasteiger partial charge < -0.3 is 4.98 Å². The largest absolute Gasteiger partial charge is 0.416 e. The van der Waals surface area contributed by atoms with Crippen LogP contribution in [0, 0.1) is 0 Å². The molecule has 3 aromatic heterocycles. The summed E-state index contributed by atoms with van der Waals surface area (Å²) in [6.45, 7) is 0. The molecule has 0 aliphatic carbocycles. The zero-order valence-corrected chi connectivity index (χ0v) is 15.9. The number of hydrogen-bond donors (Lipinski definition) is 1. The fourth-order valence-electron chi connectivity index (χ4n) is 2.49. The Balaban J connectivity index is 1.71. The predicted octanol–water partition coefficient (Wildman–Crippen LogP) is 3.24. The molecule has 148 valence electrons. The first-order valence-electron chi connectivity index (χ1n) is 8.03. The summed E-state index contributed by atoms with van der Waals surface area (Å²) in [7, 11) is 0. The number of rotatable bonds is 4. The van der Waals surface area contributed by atoms with Crippen LogP contribution in [0.2, 0.25) is 0 Å². The number of aromatic nitrogens is 5. The average molecular weight is 437 g/mol. The van der Waals surface area contributed by atoms with Gasteiger partial charge >= 0.3 is 6.18 Å². The molecule has 0 aliphatic heterocycles. The van der Waals surface area contributed by atoms with Gasteiger partial charge in [0.05, 0.1) is 17.3 Å². The van der Waals surface area contributed by atoms with Gasteiger partial charge in [0.15, 0.2) is 16.6 Å². The van der Waals surface area contributed by atoms with Gasteiger partial charge in [-0.1, -0.05) is 23.9 Å². The zero-order valence-electron chi connectivity index (χ0n) is 14.3. The molecule has 1 N–H and O–H groups in total. The summed E-state index contributed by atoms with van der Waals surface area (Å²) >= 11 is 2.28. The minimum atomic E-state index is -4.40. The highest BCUT2D eigenvalue weighted by atomic mass is 32.2. The summed E-state index contributed by atoms with van der Waals surface area (Å²) < 4.78 is 39.7. The number of halogens is 3. The first kappa shape index (κ1) is 19.3. The Morgan fingerprint density at radius 2 is 1.90 bits per heavy atom. The van der Waals surface area contributed by atoms with Crippen LogP contribution in [-0.4, -0.2) is 24.5 Å². The average Bonchev–Trinajstić information content (AvgIpc) is 3.16. The molecule has 0 saturated heterocycles. The van der Waals surface area contributed by atoms with Crippen molar-refractivity contribution in [3.8, 4) is 5.82 Å². The Bertz CT molecular complexity index is 1280. The molecule has 0 fully saturated rings. The lowest BCUT2D eigenvalue weighted by Gasteiger charge is -2.11. The second-order valence-corrected chi connectivity index (χ2v) is 7.59. The summed E-state index contributed by atoms with van der Waals surface area (Å²) in [5, 5.41) is 0.257. The van der Waals surface area contributed by atoms with Crippen LogP contribution in [0.3, 0.4) is 0 Å². The minimum absolute atomic E-state index is 0.173. The van der Waals surface area contributed by atoms with Crippen LogP contribution in [0.5, 0.6) is 0 Å². The lowest BCUT2D eigenvalue weighted by Crippen LogP contribution is -2.23. The Kier molecular flexibility index (Phi) is 4.96. The number of fused-ring (bicyclic) bond motifs is 1. The van der Waals surface area contributed by atoms with Gasteiger partial charge in [-0.25, -0.2) is 19.5 Å². The third kappa shape index (κ3) is 3.93. The lowest BCUT2D eigenvalue weighted by molar-refractivity contribution is -0.137. The van der Waals surface area contributed by atoms with Crippen molar-refractivity contribution in [1.29, 1.82) is 0 Å². The van der Waals surface area contributed by atoms with Crippen LogP contribution in [0.25, 0.3) is 16.2 Å². The van der Waals surface area contributed by atoms with E-state index in [0.29, 0.717) is 10.3 Å². The number of thiazole rings is 1. The minimum Gasteiger partial charge on any atom is -0.324 e. The predicted molar refractivity (Wildman–Crippen MR) is 102 cm³/mol. The molecular weight excluding hydrogens is 427 g/mol. The van der Waals surface area contributed by atoms with Crippen LogP contribution in [0.1, 0.15) is 11.1 Å². The van der Waals surface area contributed by atoms with Crippen molar-refractivity contribution >= 4 is 33.4 Å². The summed E-state index contributed by atoms with van der Waals surface area (Å²) in [5.41, 5.74) is 0.836. The van der Waals surface area contributed by atoms with E-state index in [9.17, 15) is 22.8 Å². The molecule has 0 bridgehead atoms. The van der Waals surface area contributed by atoms with E-state index in [-0.39, 0.29) is 22.4 Å². The molecule has 4 rings (SSSR count). The topological polar surface area (TPSA) is 93.5 Å². The Morgan fingerprint density at radius 1 is 1.14 bits per heavy atom. The maximum Gasteiger partial charge on any atom is 0.416 e. The van der Waals surface area contributed by atoms with Gasteiger partial charge in [0.25, 0.3) is 11.1 Å². The summed E-state index contributed by atoms with van der Waals surface area (Å²) in [5.74, 6) is 0.441. The molecule has 0 atom stereocenters. The number of nitrogens with zero attached hydrogens (tertiary/aromatic N) is 4. The highest BCUT2D eigenvalue weighted by Crippen LogP contribution is 2.30. The van der Waals surface area contributed by atoms with Crippen LogP contribution in [-0.2, 0) is 11.9 Å². The molecule has 7 nitrogen and oxygen atoms in total. The van der Waals surface area contributed by atoms with Crippen LogP contribution >= 0.6 is 23.1 Å². The maximum absolute atomic E-state index is 12.9. The van der Waals surface area contributed by atoms with Crippen molar-refractivity contribution in [1.82, 2.24) is 24.5 Å². The maximum atomic E-state index is 12.9. The fourth-order valence-corrected chi connectivity index (χ4v) is 4.09. The van der Waals surface area contributed by atoms with E-state index in [4.69, 9.17) is 0 Å². The number of alkyl halides is 3. The third-order valence-electron chi connectivity index (χ3n) is 3.87. The molecule has 0 saturated carbocycles. The van der Waals surface area contributed by atoms with E-state index < -0.39 is 22.9 Å². The quantitative estimate of drug-likeness (QED) is 0.389. The van der Waals surface area contributed by atoms with Gasteiger partial charge in [0.2, 0.25) is 0 Å². The Labute approximate surface area is 168 Å². The lowest BCUT2D eigenvalue weighted by atomic mass is 10.1. The number of benzene rings is 1. The summed E-state index contributed by atoms with van der Waals surface area (Å²) in [6.07, 6.45) is -2.07. The number of thioether (sulfide) groups is 1. The summed E-state index contributed by atoms with van der Waals surface area (Å²) in [6, 6.07) is 4.75. The number of hydrogen-bond acceptors (Lipinski definition) is 7. The Hall–Kier alpha value is -2.99. The van der Waals surface area contributed by atoms with Gasteiger partial charge in [-0.2, -0.15) is 13.2 Å².